The summed E-state index contributed by atoms with van der Waals surface area (Å²) in [4.78, 5) is 0. The Morgan fingerprint density at radius 2 is 1.93 bits per heavy atom. The molecule has 78 valence electrons. The summed E-state index contributed by atoms with van der Waals surface area (Å²) < 4.78 is 5.18. The summed E-state index contributed by atoms with van der Waals surface area (Å²) in [6, 6.07) is 7.21. The molecular weight excluding hydrogens is 212 g/mol. The van der Waals surface area contributed by atoms with Crippen LogP contribution in [0.25, 0.3) is 0 Å². The van der Waals surface area contributed by atoms with Gasteiger partial charge in [-0.3, -0.25) is 0 Å². The smallest absolute Gasteiger partial charge is 0.137 e. The fourth-order valence-electron chi connectivity index (χ4n) is 1.43. The average Bonchev–Trinajstić information content (AvgIpc) is 2.06. The normalized spacial score (nSPS) is 11.5. The first-order valence-electron chi connectivity index (χ1n) is 4.75. The lowest BCUT2D eigenvalue weighted by Crippen LogP contribution is -2.23. The Balaban J connectivity index is 2.90. The summed E-state index contributed by atoms with van der Waals surface area (Å²) in [5, 5.41) is 0.687. The number of methoxy groups -OCH3 is 1. The van der Waals surface area contributed by atoms with E-state index < -0.39 is 8.07 Å². The van der Waals surface area contributed by atoms with Gasteiger partial charge < -0.3 is 4.74 Å². The first kappa shape index (κ1) is 11.6. The number of hydrogen-bond donors (Lipinski definition) is 0. The molecule has 0 N–H and O–H groups in total. The Morgan fingerprint density at radius 1 is 1.29 bits per heavy atom. The van der Waals surface area contributed by atoms with Crippen LogP contribution < -0.4 is 4.74 Å². The highest BCUT2D eigenvalue weighted by Gasteiger charge is 2.14. The van der Waals surface area contributed by atoms with Crippen LogP contribution in [0.3, 0.4) is 0 Å². The molecule has 0 radical (unpaired) electrons. The maximum Gasteiger partial charge on any atom is 0.137 e. The summed E-state index contributed by atoms with van der Waals surface area (Å²) in [7, 11) is 0.603. The summed E-state index contributed by atoms with van der Waals surface area (Å²) in [6.45, 7) is 7.07. The lowest BCUT2D eigenvalue weighted by atomic mass is 10.2. The second kappa shape index (κ2) is 4.37. The Bertz CT molecular complexity index is 318. The lowest BCUT2D eigenvalue weighted by Gasteiger charge is -2.16. The van der Waals surface area contributed by atoms with Gasteiger partial charge in [-0.2, -0.15) is 0 Å². The van der Waals surface area contributed by atoms with Gasteiger partial charge in [-0.25, -0.2) is 0 Å². The molecule has 3 heteroatoms. The van der Waals surface area contributed by atoms with E-state index in [-0.39, 0.29) is 0 Å². The summed E-state index contributed by atoms with van der Waals surface area (Å²) in [5.41, 5.74) is 1.32. The molecule has 0 aromatic heterocycles. The molecule has 1 aromatic rings. The third kappa shape index (κ3) is 3.35. The second-order valence-corrected chi connectivity index (χ2v) is 10.6. The third-order valence-electron chi connectivity index (χ3n) is 1.95. The molecule has 0 spiro atoms. The highest BCUT2D eigenvalue weighted by atomic mass is 35.5. The molecule has 0 unspecified atom stereocenters. The van der Waals surface area contributed by atoms with Gasteiger partial charge in [0.25, 0.3) is 0 Å². The standard InChI is InChI=1S/C11H17ClOSi/c1-13-11-7-9(5-6-10(11)12)8-14(2,3)4/h5-7H,8H2,1-4H3. The zero-order valence-electron chi connectivity index (χ0n) is 9.23. The topological polar surface area (TPSA) is 9.23 Å². The molecule has 0 fully saturated rings. The van der Waals surface area contributed by atoms with Crippen molar-refractivity contribution in [2.24, 2.45) is 0 Å². The SMILES string of the molecule is COc1cc(C[Si](C)(C)C)ccc1Cl. The highest BCUT2D eigenvalue weighted by molar-refractivity contribution is 6.75. The molecule has 0 saturated carbocycles. The van der Waals surface area contributed by atoms with E-state index in [0.29, 0.717) is 5.02 Å². The molecular formula is C11H17ClOSi. The highest BCUT2D eigenvalue weighted by Crippen LogP contribution is 2.26. The van der Waals surface area contributed by atoms with E-state index in [1.807, 2.05) is 12.1 Å². The molecule has 1 aromatic carbocycles. The second-order valence-electron chi connectivity index (χ2n) is 4.71. The zero-order chi connectivity index (χ0) is 10.8. The summed E-state index contributed by atoms with van der Waals surface area (Å²) >= 11 is 5.95. The van der Waals surface area contributed by atoms with Gasteiger partial charge in [0.05, 0.1) is 12.1 Å². The van der Waals surface area contributed by atoms with Crippen molar-refractivity contribution in [2.45, 2.75) is 25.7 Å². The molecule has 0 amide bonds. The number of ether oxygens (including phenoxy) is 1. The van der Waals surface area contributed by atoms with Crippen molar-refractivity contribution >= 4 is 19.7 Å². The molecule has 14 heavy (non-hydrogen) atoms. The summed E-state index contributed by atoms with van der Waals surface area (Å²) in [6.07, 6.45) is 0. The van der Waals surface area contributed by atoms with Crippen molar-refractivity contribution in [3.05, 3.63) is 28.8 Å². The average molecular weight is 229 g/mol. The Kier molecular flexibility index (Phi) is 3.62. The van der Waals surface area contributed by atoms with Crippen molar-refractivity contribution in [1.29, 1.82) is 0 Å². The summed E-state index contributed by atoms with van der Waals surface area (Å²) in [5.74, 6) is 0.780. The van der Waals surface area contributed by atoms with E-state index in [1.54, 1.807) is 7.11 Å². The van der Waals surface area contributed by atoms with Gasteiger partial charge in [-0.1, -0.05) is 37.3 Å². The first-order valence-corrected chi connectivity index (χ1v) is 8.83. The van der Waals surface area contributed by atoms with Crippen LogP contribution in [0, 0.1) is 0 Å². The molecule has 0 aliphatic rings. The molecule has 0 aliphatic heterocycles. The molecule has 1 nitrogen and oxygen atoms in total. The van der Waals surface area contributed by atoms with Crippen LogP contribution in [0.1, 0.15) is 5.56 Å². The Hall–Kier alpha value is -0.473. The monoisotopic (exact) mass is 228 g/mol. The molecule has 0 bridgehead atoms. The minimum absolute atomic E-state index is 0.687. The number of hydrogen-bond acceptors (Lipinski definition) is 1. The van der Waals surface area contributed by atoms with E-state index in [4.69, 9.17) is 16.3 Å². The zero-order valence-corrected chi connectivity index (χ0v) is 11.0. The van der Waals surface area contributed by atoms with Crippen LogP contribution in [0.5, 0.6) is 5.75 Å². The molecule has 1 rings (SSSR count). The van der Waals surface area contributed by atoms with E-state index in [9.17, 15) is 0 Å². The van der Waals surface area contributed by atoms with Gasteiger partial charge in [0, 0.05) is 8.07 Å². The van der Waals surface area contributed by atoms with Crippen molar-refractivity contribution in [3.63, 3.8) is 0 Å². The number of rotatable bonds is 3. The van der Waals surface area contributed by atoms with Crippen LogP contribution >= 0.6 is 11.6 Å². The Morgan fingerprint density at radius 3 is 2.43 bits per heavy atom. The van der Waals surface area contributed by atoms with Crippen molar-refractivity contribution < 1.29 is 4.74 Å². The quantitative estimate of drug-likeness (QED) is 0.716. The molecule has 0 heterocycles. The largest absolute Gasteiger partial charge is 0.495 e. The van der Waals surface area contributed by atoms with E-state index in [0.717, 1.165) is 5.75 Å². The van der Waals surface area contributed by atoms with Crippen LogP contribution in [-0.4, -0.2) is 15.2 Å². The molecule has 0 saturated heterocycles. The van der Waals surface area contributed by atoms with E-state index in [1.165, 1.54) is 11.6 Å². The maximum atomic E-state index is 5.95. The maximum absolute atomic E-state index is 5.95. The van der Waals surface area contributed by atoms with E-state index in [2.05, 4.69) is 25.7 Å². The van der Waals surface area contributed by atoms with Gasteiger partial charge >= 0.3 is 0 Å². The molecule has 0 atom stereocenters. The van der Waals surface area contributed by atoms with Crippen molar-refractivity contribution in [2.75, 3.05) is 7.11 Å². The van der Waals surface area contributed by atoms with Gasteiger partial charge in [0.1, 0.15) is 5.75 Å². The third-order valence-corrected chi connectivity index (χ3v) is 3.73. The van der Waals surface area contributed by atoms with Crippen molar-refractivity contribution in [1.82, 2.24) is 0 Å². The van der Waals surface area contributed by atoms with Gasteiger partial charge in [0.2, 0.25) is 0 Å². The predicted octanol–water partition coefficient (Wildman–Crippen LogP) is 3.77. The van der Waals surface area contributed by atoms with Gasteiger partial charge in [-0.05, 0) is 23.7 Å². The van der Waals surface area contributed by atoms with Crippen LogP contribution in [0.15, 0.2) is 18.2 Å². The van der Waals surface area contributed by atoms with E-state index >= 15 is 0 Å². The Labute approximate surface area is 92.1 Å². The minimum Gasteiger partial charge on any atom is -0.495 e. The predicted molar refractivity (Wildman–Crippen MR) is 65.1 cm³/mol. The fraction of sp³-hybridized carbons (Fsp3) is 0.455. The molecule has 0 aliphatic carbocycles. The fourth-order valence-corrected chi connectivity index (χ4v) is 3.07. The number of halogens is 1. The van der Waals surface area contributed by atoms with Crippen LogP contribution in [0.2, 0.25) is 24.7 Å². The number of benzene rings is 1. The van der Waals surface area contributed by atoms with Crippen LogP contribution in [-0.2, 0) is 6.04 Å². The van der Waals surface area contributed by atoms with Gasteiger partial charge in [-0.15, -0.1) is 0 Å². The first-order chi connectivity index (χ1) is 6.42. The van der Waals surface area contributed by atoms with Crippen LogP contribution in [0.4, 0.5) is 0 Å². The van der Waals surface area contributed by atoms with Gasteiger partial charge in [0.15, 0.2) is 0 Å². The van der Waals surface area contributed by atoms with Crippen molar-refractivity contribution in [3.8, 4) is 5.75 Å². The lowest BCUT2D eigenvalue weighted by molar-refractivity contribution is 0.414. The minimum atomic E-state index is -1.05.